The zero-order valence-electron chi connectivity index (χ0n) is 14.7. The van der Waals surface area contributed by atoms with Gasteiger partial charge in [-0.05, 0) is 35.9 Å². The number of nitrogens with one attached hydrogen (secondary N) is 2. The molecule has 0 atom stereocenters. The molecule has 2 aromatic carbocycles. The Kier molecular flexibility index (Phi) is 4.75. The Morgan fingerprint density at radius 2 is 1.93 bits per heavy atom. The maximum atomic E-state index is 12.2. The number of hydrogen-bond donors (Lipinski definition) is 3. The summed E-state index contributed by atoms with van der Waals surface area (Å²) in [4.78, 5) is 20.5. The zero-order chi connectivity index (χ0) is 19.3. The van der Waals surface area contributed by atoms with Gasteiger partial charge in [-0.25, -0.2) is 4.98 Å². The average molecular weight is 372 g/mol. The summed E-state index contributed by atoms with van der Waals surface area (Å²) < 4.78 is 0. The Labute approximate surface area is 160 Å². The molecule has 2 aromatic heterocycles. The third kappa shape index (κ3) is 4.01. The maximum absolute atomic E-state index is 12.2. The number of phenolic OH excluding ortho intramolecular Hbond substituents is 1. The largest absolute Gasteiger partial charge is 0.508 e. The number of phenols is 1. The van der Waals surface area contributed by atoms with Gasteiger partial charge in [0, 0.05) is 17.1 Å². The third-order valence-corrected chi connectivity index (χ3v) is 4.05. The summed E-state index contributed by atoms with van der Waals surface area (Å²) in [7, 11) is 0. The van der Waals surface area contributed by atoms with E-state index in [0.29, 0.717) is 11.3 Å². The molecule has 0 aliphatic rings. The van der Waals surface area contributed by atoms with E-state index in [4.69, 9.17) is 0 Å². The summed E-state index contributed by atoms with van der Waals surface area (Å²) in [5, 5.41) is 18.5. The van der Waals surface area contributed by atoms with Crippen LogP contribution in [-0.2, 0) is 11.2 Å². The Hall–Kier alpha value is -4.07. The van der Waals surface area contributed by atoms with Gasteiger partial charge in [-0.2, -0.15) is 0 Å². The molecule has 2 heterocycles. The van der Waals surface area contributed by atoms with Crippen LogP contribution in [0.5, 0.6) is 5.75 Å². The van der Waals surface area contributed by atoms with E-state index in [9.17, 15) is 9.90 Å². The first-order valence-electron chi connectivity index (χ1n) is 8.55. The molecule has 0 radical (unpaired) electrons. The highest BCUT2D eigenvalue weighted by molar-refractivity contribution is 5.83. The summed E-state index contributed by atoms with van der Waals surface area (Å²) >= 11 is 0. The van der Waals surface area contributed by atoms with Crippen molar-refractivity contribution < 1.29 is 9.90 Å². The second kappa shape index (κ2) is 7.67. The molecule has 0 saturated heterocycles. The quantitative estimate of drug-likeness (QED) is 0.461. The van der Waals surface area contributed by atoms with Crippen molar-refractivity contribution in [2.24, 2.45) is 0 Å². The van der Waals surface area contributed by atoms with Crippen molar-refractivity contribution in [3.8, 4) is 17.0 Å². The standard InChI is InChI=1S/C20H16N6O2/c27-16-5-1-3-15(11-16)18-12-22-20(25-23-18)26-24-19(28)10-13-6-7-17-14(9-13)4-2-8-21-17/h1-9,11-12,27H,10H2,(H,24,28)(H,22,25,26). The van der Waals surface area contributed by atoms with Gasteiger partial charge < -0.3 is 5.11 Å². The number of carbonyl (C=O) groups is 1. The summed E-state index contributed by atoms with van der Waals surface area (Å²) in [6.07, 6.45) is 3.44. The first-order chi connectivity index (χ1) is 13.7. The van der Waals surface area contributed by atoms with E-state index in [2.05, 4.69) is 31.0 Å². The van der Waals surface area contributed by atoms with Crippen molar-refractivity contribution in [2.75, 3.05) is 5.43 Å². The number of fused-ring (bicyclic) bond motifs is 1. The van der Waals surface area contributed by atoms with Crippen molar-refractivity contribution in [1.82, 2.24) is 25.6 Å². The Balaban J connectivity index is 1.36. The molecular formula is C20H16N6O2. The third-order valence-electron chi connectivity index (χ3n) is 4.05. The molecule has 3 N–H and O–H groups in total. The van der Waals surface area contributed by atoms with Crippen LogP contribution in [0.2, 0.25) is 0 Å². The predicted octanol–water partition coefficient (Wildman–Crippen LogP) is 2.48. The molecule has 0 aliphatic carbocycles. The number of aromatic hydroxyl groups is 1. The number of nitrogens with zero attached hydrogens (tertiary/aromatic N) is 4. The van der Waals surface area contributed by atoms with E-state index in [0.717, 1.165) is 16.5 Å². The summed E-state index contributed by atoms with van der Waals surface area (Å²) in [5.41, 5.74) is 8.17. The highest BCUT2D eigenvalue weighted by atomic mass is 16.3. The lowest BCUT2D eigenvalue weighted by Crippen LogP contribution is -2.31. The second-order valence-corrected chi connectivity index (χ2v) is 6.10. The fourth-order valence-electron chi connectivity index (χ4n) is 2.72. The number of anilines is 1. The van der Waals surface area contributed by atoms with Gasteiger partial charge in [-0.1, -0.05) is 24.3 Å². The van der Waals surface area contributed by atoms with Crippen LogP contribution in [-0.4, -0.2) is 31.2 Å². The molecule has 0 fully saturated rings. The van der Waals surface area contributed by atoms with E-state index in [1.807, 2.05) is 30.3 Å². The van der Waals surface area contributed by atoms with E-state index >= 15 is 0 Å². The molecular weight excluding hydrogens is 356 g/mol. The molecule has 1 amide bonds. The number of hydrogen-bond acceptors (Lipinski definition) is 7. The van der Waals surface area contributed by atoms with Crippen LogP contribution in [0.1, 0.15) is 5.56 Å². The SMILES string of the molecule is O=C(Cc1ccc2ncccc2c1)NNc1ncc(-c2cccc(O)c2)nn1. The van der Waals surface area contributed by atoms with E-state index < -0.39 is 0 Å². The first kappa shape index (κ1) is 17.3. The van der Waals surface area contributed by atoms with E-state index in [1.54, 1.807) is 30.5 Å². The fraction of sp³-hybridized carbons (Fsp3) is 0.0500. The van der Waals surface area contributed by atoms with Crippen molar-refractivity contribution in [2.45, 2.75) is 6.42 Å². The fourth-order valence-corrected chi connectivity index (χ4v) is 2.72. The zero-order valence-corrected chi connectivity index (χ0v) is 14.7. The second-order valence-electron chi connectivity index (χ2n) is 6.10. The molecule has 28 heavy (non-hydrogen) atoms. The molecule has 8 nitrogen and oxygen atoms in total. The number of carbonyl (C=O) groups excluding carboxylic acids is 1. The van der Waals surface area contributed by atoms with Crippen molar-refractivity contribution in [1.29, 1.82) is 0 Å². The normalized spacial score (nSPS) is 10.6. The minimum atomic E-state index is -0.233. The highest BCUT2D eigenvalue weighted by Gasteiger charge is 2.07. The lowest BCUT2D eigenvalue weighted by molar-refractivity contribution is -0.119. The lowest BCUT2D eigenvalue weighted by Gasteiger charge is -2.08. The van der Waals surface area contributed by atoms with Gasteiger partial charge in [0.2, 0.25) is 5.91 Å². The Bertz CT molecular complexity index is 1130. The summed E-state index contributed by atoms with van der Waals surface area (Å²) in [5.74, 6) is 0.0714. The van der Waals surface area contributed by atoms with E-state index in [-0.39, 0.29) is 24.0 Å². The molecule has 0 unspecified atom stereocenters. The molecule has 0 spiro atoms. The Morgan fingerprint density at radius 3 is 2.75 bits per heavy atom. The van der Waals surface area contributed by atoms with Crippen LogP contribution in [0.15, 0.2) is 67.0 Å². The van der Waals surface area contributed by atoms with Gasteiger partial charge >= 0.3 is 0 Å². The van der Waals surface area contributed by atoms with Crippen LogP contribution in [0.3, 0.4) is 0 Å². The first-order valence-corrected chi connectivity index (χ1v) is 8.55. The predicted molar refractivity (Wildman–Crippen MR) is 104 cm³/mol. The minimum absolute atomic E-state index is 0.137. The smallest absolute Gasteiger partial charge is 0.261 e. The van der Waals surface area contributed by atoms with Crippen LogP contribution in [0, 0.1) is 0 Å². The van der Waals surface area contributed by atoms with Crippen molar-refractivity contribution in [3.05, 3.63) is 72.6 Å². The molecule has 0 bridgehead atoms. The molecule has 4 aromatic rings. The number of amides is 1. The number of pyridine rings is 1. The number of aromatic nitrogens is 4. The number of benzene rings is 2. The molecule has 4 rings (SSSR count). The molecule has 0 aliphatic heterocycles. The van der Waals surface area contributed by atoms with Crippen LogP contribution < -0.4 is 10.9 Å². The minimum Gasteiger partial charge on any atom is -0.508 e. The highest BCUT2D eigenvalue weighted by Crippen LogP contribution is 2.20. The van der Waals surface area contributed by atoms with Gasteiger partial charge in [-0.3, -0.25) is 20.6 Å². The number of hydrazine groups is 1. The molecule has 8 heteroatoms. The van der Waals surface area contributed by atoms with Crippen LogP contribution in [0.4, 0.5) is 5.95 Å². The van der Waals surface area contributed by atoms with Gasteiger partial charge in [0.05, 0.1) is 18.1 Å². The average Bonchev–Trinajstić information content (AvgIpc) is 2.72. The molecule has 0 saturated carbocycles. The van der Waals surface area contributed by atoms with Gasteiger partial charge in [0.1, 0.15) is 11.4 Å². The van der Waals surface area contributed by atoms with Crippen LogP contribution >= 0.6 is 0 Å². The maximum Gasteiger partial charge on any atom is 0.261 e. The van der Waals surface area contributed by atoms with Gasteiger partial charge in [0.15, 0.2) is 0 Å². The van der Waals surface area contributed by atoms with E-state index in [1.165, 1.54) is 6.20 Å². The van der Waals surface area contributed by atoms with Gasteiger partial charge in [-0.15, -0.1) is 10.2 Å². The lowest BCUT2D eigenvalue weighted by atomic mass is 10.1. The number of rotatable bonds is 5. The van der Waals surface area contributed by atoms with Crippen molar-refractivity contribution >= 4 is 22.8 Å². The Morgan fingerprint density at radius 1 is 1.00 bits per heavy atom. The van der Waals surface area contributed by atoms with Crippen molar-refractivity contribution in [3.63, 3.8) is 0 Å². The van der Waals surface area contributed by atoms with Gasteiger partial charge in [0.25, 0.3) is 5.95 Å². The van der Waals surface area contributed by atoms with Crippen LogP contribution in [0.25, 0.3) is 22.2 Å². The molecule has 138 valence electrons. The summed E-state index contributed by atoms with van der Waals surface area (Å²) in [6, 6.07) is 16.1. The topological polar surface area (TPSA) is 113 Å². The summed E-state index contributed by atoms with van der Waals surface area (Å²) in [6.45, 7) is 0. The monoisotopic (exact) mass is 372 g/mol.